The molecule has 0 saturated heterocycles. The molecule has 8 heteroatoms. The molecule has 0 aromatic carbocycles. The monoisotopic (exact) mass is 309 g/mol. The predicted molar refractivity (Wildman–Crippen MR) is 80.3 cm³/mol. The van der Waals surface area contributed by atoms with Gasteiger partial charge >= 0.3 is 0 Å². The number of rotatable bonds is 7. The first-order chi connectivity index (χ1) is 10.0. The summed E-state index contributed by atoms with van der Waals surface area (Å²) >= 11 is 0. The van der Waals surface area contributed by atoms with E-state index in [1.807, 2.05) is 7.05 Å². The summed E-state index contributed by atoms with van der Waals surface area (Å²) < 4.78 is 28.7. The molecule has 0 fully saturated rings. The molecule has 0 spiro atoms. The van der Waals surface area contributed by atoms with Crippen LogP contribution in [0.1, 0.15) is 19.0 Å². The van der Waals surface area contributed by atoms with E-state index in [-0.39, 0.29) is 10.8 Å². The van der Waals surface area contributed by atoms with Crippen molar-refractivity contribution in [1.29, 1.82) is 0 Å². The zero-order chi connectivity index (χ0) is 15.3. The average Bonchev–Trinajstić information content (AvgIpc) is 2.82. The van der Waals surface area contributed by atoms with Gasteiger partial charge in [-0.25, -0.2) is 23.1 Å². The Hall–Kier alpha value is -1.93. The number of sulfonamides is 1. The second-order valence-electron chi connectivity index (χ2n) is 4.63. The van der Waals surface area contributed by atoms with E-state index in [0.717, 1.165) is 18.7 Å². The summed E-state index contributed by atoms with van der Waals surface area (Å²) in [5.74, 6) is 0.0620. The molecule has 114 valence electrons. The van der Waals surface area contributed by atoms with Gasteiger partial charge in [-0.15, -0.1) is 0 Å². The highest BCUT2D eigenvalue weighted by atomic mass is 32.2. The van der Waals surface area contributed by atoms with Gasteiger partial charge in [0, 0.05) is 37.9 Å². The van der Waals surface area contributed by atoms with Crippen LogP contribution in [0.25, 0.3) is 0 Å². The van der Waals surface area contributed by atoms with Gasteiger partial charge < -0.3 is 9.88 Å². The summed E-state index contributed by atoms with van der Waals surface area (Å²) in [5.41, 5.74) is 0.901. The van der Waals surface area contributed by atoms with E-state index in [1.165, 1.54) is 12.4 Å². The molecule has 21 heavy (non-hydrogen) atoms. The summed E-state index contributed by atoms with van der Waals surface area (Å²) in [7, 11) is -1.85. The number of aromatic nitrogens is 3. The van der Waals surface area contributed by atoms with Gasteiger partial charge in [-0.3, -0.25) is 0 Å². The molecule has 0 bridgehead atoms. The summed E-state index contributed by atoms with van der Waals surface area (Å²) in [5, 5.41) is 3.25. The van der Waals surface area contributed by atoms with Crippen molar-refractivity contribution in [2.75, 3.05) is 11.3 Å². The fraction of sp³-hybridized carbons (Fsp3) is 0.385. The standard InChI is InChI=1S/C13H19N5O2S/c1-3-5-14-9-11-8-12(10-18(11)2)21(19,20)17-13-15-6-4-7-16-13/h4,6-8,10,14H,3,5,9H2,1-2H3,(H,15,16,17). The number of nitrogens with zero attached hydrogens (tertiary/aromatic N) is 3. The summed E-state index contributed by atoms with van der Waals surface area (Å²) in [6.07, 6.45) is 5.57. The second-order valence-corrected chi connectivity index (χ2v) is 6.32. The minimum atomic E-state index is -3.67. The Kier molecular flexibility index (Phi) is 4.92. The molecule has 2 aromatic rings. The Morgan fingerprint density at radius 2 is 2.00 bits per heavy atom. The minimum absolute atomic E-state index is 0.0620. The van der Waals surface area contributed by atoms with Crippen LogP contribution >= 0.6 is 0 Å². The minimum Gasteiger partial charge on any atom is -0.352 e. The number of anilines is 1. The predicted octanol–water partition coefficient (Wildman–Crippen LogP) is 1.12. The number of hydrogen-bond acceptors (Lipinski definition) is 5. The topological polar surface area (TPSA) is 88.9 Å². The van der Waals surface area contributed by atoms with Crippen molar-refractivity contribution < 1.29 is 8.42 Å². The Morgan fingerprint density at radius 3 is 2.67 bits per heavy atom. The molecule has 2 N–H and O–H groups in total. The highest BCUT2D eigenvalue weighted by molar-refractivity contribution is 7.92. The van der Waals surface area contributed by atoms with Gasteiger partial charge in [-0.1, -0.05) is 6.92 Å². The second kappa shape index (κ2) is 6.68. The van der Waals surface area contributed by atoms with Crippen molar-refractivity contribution in [1.82, 2.24) is 19.9 Å². The molecule has 7 nitrogen and oxygen atoms in total. The highest BCUT2D eigenvalue weighted by Crippen LogP contribution is 2.16. The maximum absolute atomic E-state index is 12.3. The zero-order valence-electron chi connectivity index (χ0n) is 12.1. The lowest BCUT2D eigenvalue weighted by atomic mass is 10.4. The van der Waals surface area contributed by atoms with Gasteiger partial charge in [0.25, 0.3) is 10.0 Å². The van der Waals surface area contributed by atoms with Crippen LogP contribution < -0.4 is 10.0 Å². The summed E-state index contributed by atoms with van der Waals surface area (Å²) in [6.45, 7) is 3.60. The maximum Gasteiger partial charge on any atom is 0.265 e. The van der Waals surface area contributed by atoms with E-state index in [0.29, 0.717) is 6.54 Å². The first-order valence-electron chi connectivity index (χ1n) is 6.68. The van der Waals surface area contributed by atoms with Crippen LogP contribution in [0.5, 0.6) is 0 Å². The molecule has 2 heterocycles. The zero-order valence-corrected chi connectivity index (χ0v) is 12.9. The lowest BCUT2D eigenvalue weighted by Crippen LogP contribution is -2.15. The van der Waals surface area contributed by atoms with Gasteiger partial charge in [0.05, 0.1) is 0 Å². The largest absolute Gasteiger partial charge is 0.352 e. The normalized spacial score (nSPS) is 11.5. The van der Waals surface area contributed by atoms with Crippen molar-refractivity contribution in [2.24, 2.45) is 7.05 Å². The van der Waals surface area contributed by atoms with Crippen LogP contribution in [-0.4, -0.2) is 29.5 Å². The molecule has 2 aromatic heterocycles. The lowest BCUT2D eigenvalue weighted by molar-refractivity contribution is 0.600. The molecule has 0 amide bonds. The summed E-state index contributed by atoms with van der Waals surface area (Å²) in [4.78, 5) is 7.92. The molecule has 0 atom stereocenters. The van der Waals surface area contributed by atoms with Gasteiger partial charge in [0.1, 0.15) is 4.90 Å². The lowest BCUT2D eigenvalue weighted by Gasteiger charge is -2.03. The number of hydrogen-bond donors (Lipinski definition) is 2. The van der Waals surface area contributed by atoms with Crippen LogP contribution in [0.2, 0.25) is 0 Å². The van der Waals surface area contributed by atoms with E-state index >= 15 is 0 Å². The van der Waals surface area contributed by atoms with E-state index in [1.54, 1.807) is 22.9 Å². The smallest absolute Gasteiger partial charge is 0.265 e. The molecular weight excluding hydrogens is 290 g/mol. The quantitative estimate of drug-likeness (QED) is 0.748. The molecule has 0 unspecified atom stereocenters. The molecule has 0 radical (unpaired) electrons. The Balaban J connectivity index is 2.15. The van der Waals surface area contributed by atoms with Crippen LogP contribution in [0.15, 0.2) is 35.6 Å². The van der Waals surface area contributed by atoms with Gasteiger partial charge in [-0.2, -0.15) is 0 Å². The van der Waals surface area contributed by atoms with Gasteiger partial charge in [-0.05, 0) is 25.1 Å². The fourth-order valence-electron chi connectivity index (χ4n) is 1.82. The molecular formula is C13H19N5O2S. The SMILES string of the molecule is CCCNCc1cc(S(=O)(=O)Nc2ncccn2)cn1C. The van der Waals surface area contributed by atoms with E-state index in [2.05, 4.69) is 26.9 Å². The molecule has 0 aliphatic carbocycles. The van der Waals surface area contributed by atoms with E-state index in [4.69, 9.17) is 0 Å². The van der Waals surface area contributed by atoms with Crippen LogP contribution in [-0.2, 0) is 23.6 Å². The Bertz CT molecular complexity index is 682. The van der Waals surface area contributed by atoms with Crippen molar-refractivity contribution in [2.45, 2.75) is 24.8 Å². The fourth-order valence-corrected chi connectivity index (χ4v) is 2.88. The maximum atomic E-state index is 12.3. The number of nitrogens with one attached hydrogen (secondary N) is 2. The molecule has 0 aliphatic heterocycles. The van der Waals surface area contributed by atoms with Gasteiger partial charge in [0.2, 0.25) is 5.95 Å². The first kappa shape index (κ1) is 15.5. The van der Waals surface area contributed by atoms with E-state index < -0.39 is 10.0 Å². The molecule has 0 aliphatic rings. The highest BCUT2D eigenvalue weighted by Gasteiger charge is 2.18. The number of aryl methyl sites for hydroxylation is 1. The average molecular weight is 309 g/mol. The third-order valence-electron chi connectivity index (χ3n) is 2.92. The Labute approximate surface area is 124 Å². The molecule has 0 saturated carbocycles. The van der Waals surface area contributed by atoms with Crippen LogP contribution in [0.4, 0.5) is 5.95 Å². The third-order valence-corrected chi connectivity index (χ3v) is 4.21. The first-order valence-corrected chi connectivity index (χ1v) is 8.17. The third kappa shape index (κ3) is 4.02. The van der Waals surface area contributed by atoms with Crippen molar-refractivity contribution in [3.63, 3.8) is 0 Å². The summed E-state index contributed by atoms with van der Waals surface area (Å²) in [6, 6.07) is 3.27. The van der Waals surface area contributed by atoms with Gasteiger partial charge in [0.15, 0.2) is 0 Å². The molecule has 2 rings (SSSR count). The van der Waals surface area contributed by atoms with Crippen molar-refractivity contribution in [3.8, 4) is 0 Å². The van der Waals surface area contributed by atoms with Crippen LogP contribution in [0.3, 0.4) is 0 Å². The van der Waals surface area contributed by atoms with Crippen LogP contribution in [0, 0.1) is 0 Å². The van der Waals surface area contributed by atoms with Crippen molar-refractivity contribution >= 4 is 16.0 Å². The Morgan fingerprint density at radius 1 is 1.29 bits per heavy atom. The van der Waals surface area contributed by atoms with Crippen molar-refractivity contribution in [3.05, 3.63) is 36.4 Å². The van der Waals surface area contributed by atoms with E-state index in [9.17, 15) is 8.42 Å².